The molecule has 3 aromatic rings. The molecule has 8 heteroatoms. The highest BCUT2D eigenvalue weighted by atomic mass is 32.2. The summed E-state index contributed by atoms with van der Waals surface area (Å²) in [7, 11) is -4.17. The van der Waals surface area contributed by atoms with Crippen LogP contribution in [0.3, 0.4) is 0 Å². The monoisotopic (exact) mass is 484 g/mol. The van der Waals surface area contributed by atoms with Gasteiger partial charge in [-0.15, -0.1) is 0 Å². The number of hydrogen-bond donors (Lipinski definition) is 0. The largest absolute Gasteiger partial charge is 0.341 e. The van der Waals surface area contributed by atoms with Crippen molar-refractivity contribution in [3.05, 3.63) is 96.1 Å². The van der Waals surface area contributed by atoms with Crippen LogP contribution in [0.2, 0.25) is 0 Å². The number of halogens is 2. The van der Waals surface area contributed by atoms with E-state index in [1.54, 1.807) is 4.90 Å². The van der Waals surface area contributed by atoms with Gasteiger partial charge in [-0.3, -0.25) is 9.10 Å². The first-order valence-electron chi connectivity index (χ1n) is 11.2. The molecule has 1 saturated heterocycles. The highest BCUT2D eigenvalue weighted by Gasteiger charge is 2.30. The normalized spacial score (nSPS) is 14.7. The van der Waals surface area contributed by atoms with Crippen LogP contribution in [0.15, 0.2) is 83.8 Å². The number of carbonyl (C=O) groups excluding carboxylic acids is 1. The summed E-state index contributed by atoms with van der Waals surface area (Å²) in [5, 5.41) is 0. The van der Waals surface area contributed by atoms with E-state index in [0.29, 0.717) is 19.0 Å². The molecule has 0 unspecified atom stereocenters. The van der Waals surface area contributed by atoms with Crippen molar-refractivity contribution in [2.24, 2.45) is 5.92 Å². The average Bonchev–Trinajstić information content (AvgIpc) is 2.84. The average molecular weight is 485 g/mol. The van der Waals surface area contributed by atoms with Gasteiger partial charge in [0, 0.05) is 13.1 Å². The second kappa shape index (κ2) is 10.3. The first kappa shape index (κ1) is 23.9. The molecule has 0 spiro atoms. The smallest absolute Gasteiger partial charge is 0.264 e. The number of anilines is 1. The van der Waals surface area contributed by atoms with Crippen LogP contribution in [0.5, 0.6) is 0 Å². The molecule has 0 bridgehead atoms. The van der Waals surface area contributed by atoms with Gasteiger partial charge in [-0.25, -0.2) is 17.2 Å². The molecule has 5 nitrogen and oxygen atoms in total. The van der Waals surface area contributed by atoms with Gasteiger partial charge in [0.25, 0.3) is 10.0 Å². The SMILES string of the molecule is O=C(CN(c1ccc(F)cc1)S(=O)(=O)c1ccc(F)cc1)N1CCC(Cc2ccccc2)CC1. The highest BCUT2D eigenvalue weighted by Crippen LogP contribution is 2.26. The van der Waals surface area contributed by atoms with Gasteiger partial charge in [0.15, 0.2) is 0 Å². The first-order valence-corrected chi connectivity index (χ1v) is 12.6. The lowest BCUT2D eigenvalue weighted by Gasteiger charge is -2.34. The highest BCUT2D eigenvalue weighted by molar-refractivity contribution is 7.92. The molecule has 0 radical (unpaired) electrons. The van der Waals surface area contributed by atoms with Gasteiger partial charge >= 0.3 is 0 Å². The second-order valence-corrected chi connectivity index (χ2v) is 10.3. The minimum absolute atomic E-state index is 0.146. The topological polar surface area (TPSA) is 57.7 Å². The molecule has 0 saturated carbocycles. The van der Waals surface area contributed by atoms with Crippen molar-refractivity contribution in [1.29, 1.82) is 0 Å². The van der Waals surface area contributed by atoms with E-state index in [4.69, 9.17) is 0 Å². The fraction of sp³-hybridized carbons (Fsp3) is 0.269. The summed E-state index contributed by atoms with van der Waals surface area (Å²) in [6.45, 7) is 0.670. The molecule has 0 aliphatic carbocycles. The Morgan fingerprint density at radius 2 is 1.41 bits per heavy atom. The third-order valence-corrected chi connectivity index (χ3v) is 7.92. The Morgan fingerprint density at radius 3 is 2.00 bits per heavy atom. The lowest BCUT2D eigenvalue weighted by Crippen LogP contribution is -2.46. The summed E-state index contributed by atoms with van der Waals surface area (Å²) in [6, 6.07) is 19.5. The molecule has 1 fully saturated rings. The molecule has 1 aliphatic heterocycles. The third kappa shape index (κ3) is 5.62. The van der Waals surface area contributed by atoms with E-state index in [0.717, 1.165) is 60.0 Å². The minimum Gasteiger partial charge on any atom is -0.341 e. The van der Waals surface area contributed by atoms with Crippen LogP contribution in [0, 0.1) is 17.6 Å². The summed E-state index contributed by atoms with van der Waals surface area (Å²) in [4.78, 5) is 14.7. The molecule has 0 N–H and O–H groups in total. The molecule has 3 aromatic carbocycles. The Morgan fingerprint density at radius 1 is 0.853 bits per heavy atom. The molecular weight excluding hydrogens is 458 g/mol. The summed E-state index contributed by atoms with van der Waals surface area (Å²) < 4.78 is 54.5. The van der Waals surface area contributed by atoms with Crippen molar-refractivity contribution < 1.29 is 22.0 Å². The van der Waals surface area contributed by atoms with Crippen LogP contribution < -0.4 is 4.31 Å². The van der Waals surface area contributed by atoms with E-state index < -0.39 is 28.2 Å². The fourth-order valence-electron chi connectivity index (χ4n) is 4.21. The fourth-order valence-corrected chi connectivity index (χ4v) is 5.63. The van der Waals surface area contributed by atoms with E-state index in [9.17, 15) is 22.0 Å². The number of piperidine rings is 1. The van der Waals surface area contributed by atoms with Gasteiger partial charge in [0.1, 0.15) is 18.2 Å². The number of nitrogens with zero attached hydrogens (tertiary/aromatic N) is 2. The zero-order valence-electron chi connectivity index (χ0n) is 18.6. The minimum atomic E-state index is -4.17. The Kier molecular flexibility index (Phi) is 7.26. The van der Waals surface area contributed by atoms with E-state index in [1.165, 1.54) is 17.7 Å². The number of amides is 1. The lowest BCUT2D eigenvalue weighted by molar-refractivity contribution is -0.130. The van der Waals surface area contributed by atoms with Crippen molar-refractivity contribution in [1.82, 2.24) is 4.90 Å². The maximum atomic E-state index is 13.5. The van der Waals surface area contributed by atoms with Gasteiger partial charge in [-0.05, 0) is 79.3 Å². The molecule has 178 valence electrons. The van der Waals surface area contributed by atoms with Gasteiger partial charge in [-0.2, -0.15) is 0 Å². The van der Waals surface area contributed by atoms with Gasteiger partial charge < -0.3 is 4.90 Å². The molecule has 0 aromatic heterocycles. The van der Waals surface area contributed by atoms with Gasteiger partial charge in [0.2, 0.25) is 5.91 Å². The molecule has 1 amide bonds. The third-order valence-electron chi connectivity index (χ3n) is 6.13. The van der Waals surface area contributed by atoms with Crippen molar-refractivity contribution in [3.63, 3.8) is 0 Å². The van der Waals surface area contributed by atoms with Crippen molar-refractivity contribution in [3.8, 4) is 0 Å². The number of likely N-dealkylation sites (tertiary alicyclic amines) is 1. The predicted molar refractivity (Wildman–Crippen MR) is 127 cm³/mol. The van der Waals surface area contributed by atoms with Crippen LogP contribution in [-0.4, -0.2) is 38.9 Å². The lowest BCUT2D eigenvalue weighted by atomic mass is 9.90. The number of benzene rings is 3. The van der Waals surface area contributed by atoms with Crippen LogP contribution >= 0.6 is 0 Å². The van der Waals surface area contributed by atoms with Crippen LogP contribution in [0.25, 0.3) is 0 Å². The molecule has 4 rings (SSSR count). The molecule has 1 heterocycles. The Labute approximate surface area is 198 Å². The first-order chi connectivity index (χ1) is 16.3. The van der Waals surface area contributed by atoms with E-state index >= 15 is 0 Å². The van der Waals surface area contributed by atoms with Gasteiger partial charge in [0.05, 0.1) is 10.6 Å². The van der Waals surface area contributed by atoms with Gasteiger partial charge in [-0.1, -0.05) is 30.3 Å². The zero-order chi connectivity index (χ0) is 24.1. The second-order valence-electron chi connectivity index (χ2n) is 8.46. The van der Waals surface area contributed by atoms with Crippen molar-refractivity contribution in [2.75, 3.05) is 23.9 Å². The number of hydrogen-bond acceptors (Lipinski definition) is 3. The summed E-state index contributed by atoms with van der Waals surface area (Å²) in [6.07, 6.45) is 2.62. The van der Waals surface area contributed by atoms with E-state index in [2.05, 4.69) is 12.1 Å². The maximum absolute atomic E-state index is 13.5. The molecule has 1 aliphatic rings. The van der Waals surface area contributed by atoms with E-state index in [1.807, 2.05) is 18.2 Å². The van der Waals surface area contributed by atoms with Crippen molar-refractivity contribution in [2.45, 2.75) is 24.2 Å². The zero-order valence-corrected chi connectivity index (χ0v) is 19.4. The van der Waals surface area contributed by atoms with Crippen LogP contribution in [0.4, 0.5) is 14.5 Å². The summed E-state index contributed by atoms with van der Waals surface area (Å²) >= 11 is 0. The molecular formula is C26H26F2N2O3S. The van der Waals surface area contributed by atoms with Crippen LogP contribution in [-0.2, 0) is 21.2 Å². The Hall–Kier alpha value is -3.26. The molecule has 34 heavy (non-hydrogen) atoms. The number of sulfonamides is 1. The van der Waals surface area contributed by atoms with Crippen LogP contribution in [0.1, 0.15) is 18.4 Å². The molecule has 0 atom stereocenters. The summed E-state index contributed by atoms with van der Waals surface area (Å²) in [5.41, 5.74) is 1.43. The summed E-state index contributed by atoms with van der Waals surface area (Å²) in [5.74, 6) is -0.952. The predicted octanol–water partition coefficient (Wildman–Crippen LogP) is 4.64. The Balaban J connectivity index is 1.48. The number of carbonyl (C=O) groups is 1. The quantitative estimate of drug-likeness (QED) is 0.491. The maximum Gasteiger partial charge on any atom is 0.264 e. The standard InChI is InChI=1S/C26H26F2N2O3S/c27-22-6-10-24(11-7-22)30(34(32,33)25-12-8-23(28)9-13-25)19-26(31)29-16-14-21(15-17-29)18-20-4-2-1-3-5-20/h1-13,21H,14-19H2. The Bertz CT molecular complexity index is 1210. The van der Waals surface area contributed by atoms with Crippen molar-refractivity contribution >= 4 is 21.6 Å². The van der Waals surface area contributed by atoms with E-state index in [-0.39, 0.29) is 16.5 Å². The number of rotatable bonds is 7.